The highest BCUT2D eigenvalue weighted by Gasteiger charge is 1.98. The van der Waals surface area contributed by atoms with Crippen LogP contribution in [-0.2, 0) is 13.0 Å². The molecular weight excluding hydrogens is 252 g/mol. The molecule has 106 valence electrons. The Morgan fingerprint density at radius 3 is 2.65 bits per heavy atom. The second-order valence-corrected chi connectivity index (χ2v) is 4.49. The van der Waals surface area contributed by atoms with Gasteiger partial charge < -0.3 is 14.8 Å². The van der Waals surface area contributed by atoms with Gasteiger partial charge in [0.15, 0.2) is 0 Å². The molecule has 0 aliphatic rings. The van der Waals surface area contributed by atoms with Gasteiger partial charge in [-0.05, 0) is 36.2 Å². The summed E-state index contributed by atoms with van der Waals surface area (Å²) in [5.41, 5.74) is 2.42. The molecule has 0 saturated heterocycles. The molecule has 4 heteroatoms. The number of methoxy groups -OCH3 is 2. The van der Waals surface area contributed by atoms with Gasteiger partial charge in [-0.15, -0.1) is 0 Å². The zero-order valence-corrected chi connectivity index (χ0v) is 11.9. The summed E-state index contributed by atoms with van der Waals surface area (Å²) in [5.74, 6) is 1.55. The minimum Gasteiger partial charge on any atom is -0.497 e. The van der Waals surface area contributed by atoms with Crippen LogP contribution in [0.15, 0.2) is 42.6 Å². The standard InChI is InChI=1S/C16H20N2O2/c1-19-15-5-3-4-13(10-15)8-9-17-11-14-6-7-16(20-2)18-12-14/h3-7,10,12,17H,8-9,11H2,1-2H3. The third kappa shape index (κ3) is 4.24. The van der Waals surface area contributed by atoms with Crippen LogP contribution in [0.1, 0.15) is 11.1 Å². The van der Waals surface area contributed by atoms with E-state index in [2.05, 4.69) is 22.4 Å². The number of benzene rings is 1. The Hall–Kier alpha value is -2.07. The molecule has 0 unspecified atom stereocenters. The third-order valence-electron chi connectivity index (χ3n) is 3.06. The number of ether oxygens (including phenoxy) is 2. The highest BCUT2D eigenvalue weighted by molar-refractivity contribution is 5.28. The Morgan fingerprint density at radius 1 is 1.05 bits per heavy atom. The molecule has 0 amide bonds. The van der Waals surface area contributed by atoms with Crippen molar-refractivity contribution in [2.24, 2.45) is 0 Å². The van der Waals surface area contributed by atoms with Crippen LogP contribution in [0.3, 0.4) is 0 Å². The number of nitrogens with zero attached hydrogens (tertiary/aromatic N) is 1. The van der Waals surface area contributed by atoms with Crippen LogP contribution < -0.4 is 14.8 Å². The van der Waals surface area contributed by atoms with Gasteiger partial charge in [0.1, 0.15) is 5.75 Å². The van der Waals surface area contributed by atoms with Gasteiger partial charge in [0.05, 0.1) is 14.2 Å². The molecule has 2 aromatic rings. The normalized spacial score (nSPS) is 10.3. The van der Waals surface area contributed by atoms with Gasteiger partial charge in [0.25, 0.3) is 0 Å². The fraction of sp³-hybridized carbons (Fsp3) is 0.312. The Bertz CT molecular complexity index is 526. The number of rotatable bonds is 7. The number of hydrogen-bond acceptors (Lipinski definition) is 4. The molecule has 1 aromatic heterocycles. The zero-order valence-electron chi connectivity index (χ0n) is 11.9. The molecule has 20 heavy (non-hydrogen) atoms. The molecule has 0 atom stereocenters. The van der Waals surface area contributed by atoms with Crippen molar-refractivity contribution in [3.05, 3.63) is 53.7 Å². The first-order chi connectivity index (χ1) is 9.81. The second-order valence-electron chi connectivity index (χ2n) is 4.49. The van der Waals surface area contributed by atoms with Crippen LogP contribution in [0, 0.1) is 0 Å². The van der Waals surface area contributed by atoms with Crippen molar-refractivity contribution in [1.82, 2.24) is 10.3 Å². The number of aromatic nitrogens is 1. The van der Waals surface area contributed by atoms with Gasteiger partial charge in [0.2, 0.25) is 5.88 Å². The van der Waals surface area contributed by atoms with Gasteiger partial charge in [-0.1, -0.05) is 18.2 Å². The van der Waals surface area contributed by atoms with E-state index in [0.29, 0.717) is 5.88 Å². The quantitative estimate of drug-likeness (QED) is 0.786. The van der Waals surface area contributed by atoms with E-state index >= 15 is 0 Å². The van der Waals surface area contributed by atoms with Crippen molar-refractivity contribution < 1.29 is 9.47 Å². The lowest BCUT2D eigenvalue weighted by Crippen LogP contribution is -2.16. The molecule has 0 bridgehead atoms. The van der Waals surface area contributed by atoms with Gasteiger partial charge >= 0.3 is 0 Å². The van der Waals surface area contributed by atoms with Crippen LogP contribution in [0.5, 0.6) is 11.6 Å². The lowest BCUT2D eigenvalue weighted by atomic mass is 10.1. The summed E-state index contributed by atoms with van der Waals surface area (Å²) in [6.45, 7) is 1.72. The van der Waals surface area contributed by atoms with Crippen LogP contribution in [0.2, 0.25) is 0 Å². The molecule has 2 rings (SSSR count). The topological polar surface area (TPSA) is 43.4 Å². The Balaban J connectivity index is 1.75. The average Bonchev–Trinajstić information content (AvgIpc) is 2.52. The Kier molecular flexibility index (Phi) is 5.38. The average molecular weight is 272 g/mol. The molecule has 0 aliphatic carbocycles. The predicted molar refractivity (Wildman–Crippen MR) is 79.2 cm³/mol. The zero-order chi connectivity index (χ0) is 14.2. The molecule has 0 radical (unpaired) electrons. The highest BCUT2D eigenvalue weighted by Crippen LogP contribution is 2.12. The van der Waals surface area contributed by atoms with Gasteiger partial charge in [0, 0.05) is 18.8 Å². The highest BCUT2D eigenvalue weighted by atomic mass is 16.5. The number of hydrogen-bond donors (Lipinski definition) is 1. The van der Waals surface area contributed by atoms with Crippen LogP contribution in [-0.4, -0.2) is 25.7 Å². The maximum Gasteiger partial charge on any atom is 0.212 e. The molecule has 0 aliphatic heterocycles. The summed E-state index contributed by atoms with van der Waals surface area (Å²) in [5, 5.41) is 3.40. The summed E-state index contributed by atoms with van der Waals surface area (Å²) in [6.07, 6.45) is 2.80. The van der Waals surface area contributed by atoms with Crippen LogP contribution >= 0.6 is 0 Å². The monoisotopic (exact) mass is 272 g/mol. The lowest BCUT2D eigenvalue weighted by Gasteiger charge is -2.07. The van der Waals surface area contributed by atoms with Crippen molar-refractivity contribution in [3.63, 3.8) is 0 Å². The minimum atomic E-state index is 0.644. The van der Waals surface area contributed by atoms with E-state index in [1.807, 2.05) is 30.5 Å². The number of pyridine rings is 1. The van der Waals surface area contributed by atoms with Crippen molar-refractivity contribution in [2.45, 2.75) is 13.0 Å². The molecule has 0 saturated carbocycles. The second kappa shape index (κ2) is 7.50. The molecule has 1 aromatic carbocycles. The Labute approximate surface area is 119 Å². The molecule has 0 fully saturated rings. The predicted octanol–water partition coefficient (Wildman–Crippen LogP) is 2.43. The maximum absolute atomic E-state index is 5.21. The van der Waals surface area contributed by atoms with E-state index in [1.165, 1.54) is 5.56 Å². The minimum absolute atomic E-state index is 0.644. The van der Waals surface area contributed by atoms with Crippen LogP contribution in [0.4, 0.5) is 0 Å². The first-order valence-corrected chi connectivity index (χ1v) is 6.64. The first kappa shape index (κ1) is 14.3. The molecule has 1 heterocycles. The van der Waals surface area contributed by atoms with Crippen molar-refractivity contribution in [1.29, 1.82) is 0 Å². The SMILES string of the molecule is COc1cccc(CCNCc2ccc(OC)nc2)c1. The van der Waals surface area contributed by atoms with E-state index in [-0.39, 0.29) is 0 Å². The van der Waals surface area contributed by atoms with Crippen molar-refractivity contribution in [2.75, 3.05) is 20.8 Å². The maximum atomic E-state index is 5.21. The van der Waals surface area contributed by atoms with Crippen molar-refractivity contribution in [3.8, 4) is 11.6 Å². The lowest BCUT2D eigenvalue weighted by molar-refractivity contribution is 0.397. The summed E-state index contributed by atoms with van der Waals surface area (Å²) in [7, 11) is 3.31. The van der Waals surface area contributed by atoms with Crippen molar-refractivity contribution >= 4 is 0 Å². The first-order valence-electron chi connectivity index (χ1n) is 6.64. The fourth-order valence-electron chi connectivity index (χ4n) is 1.93. The van der Waals surface area contributed by atoms with E-state index in [1.54, 1.807) is 14.2 Å². The van der Waals surface area contributed by atoms with Gasteiger partial charge in [-0.2, -0.15) is 0 Å². The summed E-state index contributed by atoms with van der Waals surface area (Å²) >= 11 is 0. The van der Waals surface area contributed by atoms with E-state index in [9.17, 15) is 0 Å². The van der Waals surface area contributed by atoms with E-state index in [4.69, 9.17) is 9.47 Å². The summed E-state index contributed by atoms with van der Waals surface area (Å²) in [6, 6.07) is 12.0. The van der Waals surface area contributed by atoms with Gasteiger partial charge in [-0.25, -0.2) is 4.98 Å². The summed E-state index contributed by atoms with van der Waals surface area (Å²) in [4.78, 5) is 4.18. The summed E-state index contributed by atoms with van der Waals surface area (Å²) < 4.78 is 10.2. The van der Waals surface area contributed by atoms with E-state index < -0.39 is 0 Å². The smallest absolute Gasteiger partial charge is 0.212 e. The molecule has 1 N–H and O–H groups in total. The molecular formula is C16H20N2O2. The van der Waals surface area contributed by atoms with Crippen LogP contribution in [0.25, 0.3) is 0 Å². The Morgan fingerprint density at radius 2 is 1.95 bits per heavy atom. The number of nitrogens with one attached hydrogen (secondary N) is 1. The largest absolute Gasteiger partial charge is 0.497 e. The van der Waals surface area contributed by atoms with Gasteiger partial charge in [-0.3, -0.25) is 0 Å². The third-order valence-corrected chi connectivity index (χ3v) is 3.06. The fourth-order valence-corrected chi connectivity index (χ4v) is 1.93. The molecule has 0 spiro atoms. The molecule has 4 nitrogen and oxygen atoms in total. The van der Waals surface area contributed by atoms with E-state index in [0.717, 1.165) is 30.8 Å².